The quantitative estimate of drug-likeness (QED) is 0.300. The molecule has 3 heterocycles. The highest BCUT2D eigenvalue weighted by atomic mass is 32.2. The molecule has 2 saturated heterocycles. The van der Waals surface area contributed by atoms with Gasteiger partial charge in [-0.3, -0.25) is 14.6 Å². The number of hydrogen-bond donors (Lipinski definition) is 3. The fourth-order valence-electron chi connectivity index (χ4n) is 3.74. The largest absolute Gasteiger partial charge is 0.480 e. The molecule has 3 rings (SSSR count). The van der Waals surface area contributed by atoms with Crippen molar-refractivity contribution >= 4 is 33.7 Å². The molecule has 2 aliphatic heterocycles. The number of pyridine rings is 1. The lowest BCUT2D eigenvalue weighted by Gasteiger charge is -2.37. The van der Waals surface area contributed by atoms with Crippen LogP contribution < -0.4 is 11.1 Å². The molecule has 30 heavy (non-hydrogen) atoms. The van der Waals surface area contributed by atoms with Crippen molar-refractivity contribution in [3.05, 3.63) is 35.2 Å². The van der Waals surface area contributed by atoms with Crippen molar-refractivity contribution in [3.63, 3.8) is 0 Å². The van der Waals surface area contributed by atoms with Gasteiger partial charge in [-0.25, -0.2) is 13.2 Å². The third-order valence-electron chi connectivity index (χ3n) is 5.46. The number of nitrogens with zero attached hydrogens (tertiary/aromatic N) is 2. The van der Waals surface area contributed by atoms with Gasteiger partial charge in [0.2, 0.25) is 0 Å². The third kappa shape index (κ3) is 3.37. The second-order valence-electron chi connectivity index (χ2n) is 7.77. The highest BCUT2D eigenvalue weighted by Crippen LogP contribution is 2.48. The Morgan fingerprint density at radius 1 is 1.37 bits per heavy atom. The van der Waals surface area contributed by atoms with Crippen molar-refractivity contribution in [3.8, 4) is 0 Å². The van der Waals surface area contributed by atoms with Crippen LogP contribution in [0.1, 0.15) is 42.7 Å². The first-order valence-corrected chi connectivity index (χ1v) is 11.0. The molecule has 0 aromatic carbocycles. The SMILES string of the molecule is CC1(C)[C@H](C(=O)O)N2C(=O)/C(=C/c3cc(C(=O)NCCCCN)ccn3)[C@H]2S1(=O)=O. The number of rotatable bonds is 7. The third-order valence-corrected chi connectivity index (χ3v) is 8.22. The van der Waals surface area contributed by atoms with Crippen LogP contribution in [0.25, 0.3) is 6.08 Å². The number of carbonyl (C=O) groups is 3. The van der Waals surface area contributed by atoms with Crippen LogP contribution in [0, 0.1) is 0 Å². The summed E-state index contributed by atoms with van der Waals surface area (Å²) in [7, 11) is -3.97. The summed E-state index contributed by atoms with van der Waals surface area (Å²) in [6.45, 7) is 3.61. The lowest BCUT2D eigenvalue weighted by molar-refractivity contribution is -0.152. The summed E-state index contributed by atoms with van der Waals surface area (Å²) in [6, 6.07) is 1.49. The number of aliphatic carboxylic acids is 1. The van der Waals surface area contributed by atoms with Gasteiger partial charge in [-0.1, -0.05) is 0 Å². The molecule has 0 spiro atoms. The Bertz CT molecular complexity index is 1030. The molecule has 4 N–H and O–H groups in total. The van der Waals surface area contributed by atoms with Crippen molar-refractivity contribution in [1.29, 1.82) is 0 Å². The van der Waals surface area contributed by atoms with E-state index in [0.717, 1.165) is 17.7 Å². The minimum atomic E-state index is -3.97. The van der Waals surface area contributed by atoms with Crippen molar-refractivity contribution in [1.82, 2.24) is 15.2 Å². The Kier molecular flexibility index (Phi) is 5.70. The smallest absolute Gasteiger partial charge is 0.328 e. The summed E-state index contributed by atoms with van der Waals surface area (Å²) >= 11 is 0. The number of carboxylic acids is 1. The number of sulfone groups is 1. The zero-order valence-electron chi connectivity index (χ0n) is 16.7. The van der Waals surface area contributed by atoms with Crippen LogP contribution in [0.4, 0.5) is 0 Å². The fourth-order valence-corrected chi connectivity index (χ4v) is 5.86. The summed E-state index contributed by atoms with van der Waals surface area (Å²) in [4.78, 5) is 41.4. The summed E-state index contributed by atoms with van der Waals surface area (Å²) in [5.74, 6) is -2.36. The van der Waals surface area contributed by atoms with E-state index in [1.54, 1.807) is 0 Å². The van der Waals surface area contributed by atoms with Gasteiger partial charge in [0.15, 0.2) is 21.3 Å². The van der Waals surface area contributed by atoms with Gasteiger partial charge in [-0.05, 0) is 51.4 Å². The summed E-state index contributed by atoms with van der Waals surface area (Å²) in [6.07, 6.45) is 4.21. The lowest BCUT2D eigenvalue weighted by Crippen LogP contribution is -2.58. The van der Waals surface area contributed by atoms with Gasteiger partial charge < -0.3 is 21.1 Å². The van der Waals surface area contributed by atoms with Gasteiger partial charge in [-0.2, -0.15) is 0 Å². The minimum absolute atomic E-state index is 0.0557. The standard InChI is InChI=1S/C19H24N4O6S/c1-19(2)14(18(26)27)23-16(25)13(17(23)30(19,28)29)10-12-9-11(5-8-21-12)15(24)22-7-4-3-6-20/h5,8-10,14,17H,3-4,6-7,20H2,1-2H3,(H,22,24)(H,26,27)/b13-10-/t14-,17+/m0/s1. The molecule has 0 aliphatic carbocycles. The molecule has 1 aromatic rings. The summed E-state index contributed by atoms with van der Waals surface area (Å²) in [5.41, 5.74) is 5.91. The van der Waals surface area contributed by atoms with E-state index < -0.39 is 37.9 Å². The molecule has 162 valence electrons. The number of hydrogen-bond acceptors (Lipinski definition) is 7. The van der Waals surface area contributed by atoms with E-state index in [4.69, 9.17) is 5.73 Å². The number of amides is 2. The molecule has 10 nitrogen and oxygen atoms in total. The molecule has 2 aliphatic rings. The Balaban J connectivity index is 1.86. The molecule has 2 atom stereocenters. The van der Waals surface area contributed by atoms with E-state index in [9.17, 15) is 27.9 Å². The molecule has 0 radical (unpaired) electrons. The highest BCUT2D eigenvalue weighted by molar-refractivity contribution is 7.94. The molecule has 11 heteroatoms. The first kappa shape index (κ1) is 21.9. The van der Waals surface area contributed by atoms with Gasteiger partial charge in [-0.15, -0.1) is 0 Å². The normalized spacial score (nSPS) is 25.0. The Morgan fingerprint density at radius 2 is 2.07 bits per heavy atom. The summed E-state index contributed by atoms with van der Waals surface area (Å²) < 4.78 is 24.2. The zero-order valence-corrected chi connectivity index (χ0v) is 17.5. The average molecular weight is 436 g/mol. The predicted octanol–water partition coefficient (Wildman–Crippen LogP) is -0.238. The van der Waals surface area contributed by atoms with Crippen LogP contribution >= 0.6 is 0 Å². The summed E-state index contributed by atoms with van der Waals surface area (Å²) in [5, 5.41) is 10.9. The molecular weight excluding hydrogens is 412 g/mol. The molecule has 2 fully saturated rings. The molecule has 0 unspecified atom stereocenters. The molecule has 0 bridgehead atoms. The van der Waals surface area contributed by atoms with E-state index >= 15 is 0 Å². The lowest BCUT2D eigenvalue weighted by atomic mass is 9.95. The van der Waals surface area contributed by atoms with Crippen LogP contribution in [0.5, 0.6) is 0 Å². The molecule has 1 aromatic heterocycles. The van der Waals surface area contributed by atoms with Crippen LogP contribution in [-0.2, 0) is 19.4 Å². The number of carbonyl (C=O) groups excluding carboxylic acids is 2. The zero-order chi connectivity index (χ0) is 22.3. The van der Waals surface area contributed by atoms with Crippen LogP contribution in [-0.4, -0.2) is 70.4 Å². The maximum atomic E-state index is 12.9. The monoisotopic (exact) mass is 436 g/mol. The average Bonchev–Trinajstić information content (AvgIpc) is 2.83. The highest BCUT2D eigenvalue weighted by Gasteiger charge is 2.70. The van der Waals surface area contributed by atoms with Crippen LogP contribution in [0.15, 0.2) is 23.9 Å². The van der Waals surface area contributed by atoms with E-state index in [1.165, 1.54) is 38.3 Å². The first-order valence-electron chi connectivity index (χ1n) is 9.49. The minimum Gasteiger partial charge on any atom is -0.480 e. The van der Waals surface area contributed by atoms with E-state index in [0.29, 0.717) is 18.7 Å². The topological polar surface area (TPSA) is 160 Å². The van der Waals surface area contributed by atoms with Gasteiger partial charge in [0.1, 0.15) is 4.75 Å². The van der Waals surface area contributed by atoms with Gasteiger partial charge >= 0.3 is 5.97 Å². The van der Waals surface area contributed by atoms with Crippen molar-refractivity contribution in [2.24, 2.45) is 5.73 Å². The number of unbranched alkanes of at least 4 members (excludes halogenated alkanes) is 1. The number of fused-ring (bicyclic) bond motifs is 1. The maximum Gasteiger partial charge on any atom is 0.328 e. The first-order chi connectivity index (χ1) is 14.0. The van der Waals surface area contributed by atoms with E-state index in [2.05, 4.69) is 10.3 Å². The number of carboxylic acid groups (broad SMARTS) is 1. The second kappa shape index (κ2) is 7.80. The Hall–Kier alpha value is -2.79. The Labute approximate surface area is 174 Å². The predicted molar refractivity (Wildman–Crippen MR) is 108 cm³/mol. The van der Waals surface area contributed by atoms with E-state index in [-0.39, 0.29) is 17.2 Å². The number of β-lactam (4-membered cyclic amide) rings is 1. The van der Waals surface area contributed by atoms with Crippen molar-refractivity contribution in [2.75, 3.05) is 13.1 Å². The molecular formula is C19H24N4O6S. The van der Waals surface area contributed by atoms with Crippen LogP contribution in [0.3, 0.4) is 0 Å². The van der Waals surface area contributed by atoms with Crippen molar-refractivity contribution < 1.29 is 27.9 Å². The molecule has 0 saturated carbocycles. The fraction of sp³-hybridized carbons (Fsp3) is 0.474. The Morgan fingerprint density at radius 3 is 2.70 bits per heavy atom. The van der Waals surface area contributed by atoms with Crippen LogP contribution in [0.2, 0.25) is 0 Å². The number of nitrogens with one attached hydrogen (secondary N) is 1. The number of aromatic nitrogens is 1. The number of nitrogens with two attached hydrogens (primary N) is 1. The van der Waals surface area contributed by atoms with Gasteiger partial charge in [0.25, 0.3) is 11.8 Å². The van der Waals surface area contributed by atoms with Gasteiger partial charge in [0.05, 0.1) is 11.3 Å². The molecule has 2 amide bonds. The maximum absolute atomic E-state index is 12.9. The second-order valence-corrected chi connectivity index (χ2v) is 10.4. The van der Waals surface area contributed by atoms with Crippen molar-refractivity contribution in [2.45, 2.75) is 42.9 Å². The van der Waals surface area contributed by atoms with E-state index in [1.807, 2.05) is 0 Å². The van der Waals surface area contributed by atoms with Gasteiger partial charge in [0, 0.05) is 18.3 Å².